The highest BCUT2D eigenvalue weighted by Crippen LogP contribution is 2.43. The van der Waals surface area contributed by atoms with Crippen molar-refractivity contribution in [3.63, 3.8) is 0 Å². The van der Waals surface area contributed by atoms with E-state index in [1.807, 2.05) is 30.3 Å². The van der Waals surface area contributed by atoms with Crippen LogP contribution in [0.5, 0.6) is 0 Å². The lowest BCUT2D eigenvalue weighted by atomic mass is 10.0. The van der Waals surface area contributed by atoms with Gasteiger partial charge in [-0.25, -0.2) is 4.79 Å². The second-order valence-corrected chi connectivity index (χ2v) is 6.53. The first-order chi connectivity index (χ1) is 11.7. The Morgan fingerprint density at radius 3 is 2.62 bits per heavy atom. The number of nitrogens with one attached hydrogen (secondary N) is 1. The normalized spacial score (nSPS) is 16.5. The van der Waals surface area contributed by atoms with Crippen LogP contribution in [0.25, 0.3) is 0 Å². The van der Waals surface area contributed by atoms with E-state index < -0.39 is 11.8 Å². The third-order valence-corrected chi connectivity index (χ3v) is 5.23. The highest BCUT2D eigenvalue weighted by molar-refractivity contribution is 7.99. The predicted octanol–water partition coefficient (Wildman–Crippen LogP) is 0.200. The van der Waals surface area contributed by atoms with Gasteiger partial charge in [0.25, 0.3) is 5.56 Å². The summed E-state index contributed by atoms with van der Waals surface area (Å²) in [5.41, 5.74) is 1.24. The Morgan fingerprint density at radius 2 is 1.96 bits per heavy atom. The van der Waals surface area contributed by atoms with Crippen LogP contribution in [-0.4, -0.2) is 39.1 Å². The van der Waals surface area contributed by atoms with E-state index >= 15 is 0 Å². The van der Waals surface area contributed by atoms with Crippen molar-refractivity contribution in [2.75, 3.05) is 13.2 Å². The second-order valence-electron chi connectivity index (χ2n) is 5.43. The van der Waals surface area contributed by atoms with Crippen molar-refractivity contribution in [3.8, 4) is 0 Å². The minimum absolute atomic E-state index is 0.133. The number of H-pyrrole nitrogens is 1. The molecule has 7 nitrogen and oxygen atoms in total. The number of nitrogens with zero attached hydrogens (tertiary/aromatic N) is 1. The summed E-state index contributed by atoms with van der Waals surface area (Å²) in [6.07, 6.45) is -0.765. The SMILES string of the molecule is O=c1[nH]c(=O)n(COC(CO)CO)c2c1C(c1ccccc1)SC2. The van der Waals surface area contributed by atoms with Crippen molar-refractivity contribution < 1.29 is 14.9 Å². The van der Waals surface area contributed by atoms with Crippen LogP contribution in [0, 0.1) is 0 Å². The highest BCUT2D eigenvalue weighted by atomic mass is 32.2. The summed E-state index contributed by atoms with van der Waals surface area (Å²) in [6, 6.07) is 9.63. The van der Waals surface area contributed by atoms with Crippen molar-refractivity contribution in [3.05, 3.63) is 68.0 Å². The first kappa shape index (κ1) is 17.0. The standard InChI is InChI=1S/C16H18N2O5S/c19-6-11(7-20)23-9-18-12-8-24-14(10-4-2-1-3-5-10)13(12)15(21)17-16(18)22/h1-5,11,14,19-20H,6-9H2,(H,17,21,22). The zero-order chi connectivity index (χ0) is 17.1. The number of aliphatic hydroxyl groups excluding tert-OH is 2. The van der Waals surface area contributed by atoms with E-state index in [9.17, 15) is 9.59 Å². The van der Waals surface area contributed by atoms with Gasteiger partial charge in [-0.2, -0.15) is 0 Å². The van der Waals surface area contributed by atoms with Crippen molar-refractivity contribution in [1.29, 1.82) is 0 Å². The maximum atomic E-state index is 12.3. The molecule has 0 amide bonds. The summed E-state index contributed by atoms with van der Waals surface area (Å²) in [5.74, 6) is 0.514. The van der Waals surface area contributed by atoms with Crippen molar-refractivity contribution >= 4 is 11.8 Å². The number of rotatable bonds is 6. The quantitative estimate of drug-likeness (QED) is 0.687. The molecule has 1 aromatic carbocycles. The van der Waals surface area contributed by atoms with Crippen molar-refractivity contribution in [2.24, 2.45) is 0 Å². The monoisotopic (exact) mass is 350 g/mol. The molecule has 1 aromatic heterocycles. The molecule has 3 N–H and O–H groups in total. The maximum absolute atomic E-state index is 12.3. The summed E-state index contributed by atoms with van der Waals surface area (Å²) >= 11 is 1.57. The number of fused-ring (bicyclic) bond motifs is 1. The van der Waals surface area contributed by atoms with Crippen LogP contribution in [0.3, 0.4) is 0 Å². The molecular weight excluding hydrogens is 332 g/mol. The Kier molecular flexibility index (Phi) is 5.20. The van der Waals surface area contributed by atoms with Gasteiger partial charge >= 0.3 is 5.69 Å². The Morgan fingerprint density at radius 1 is 1.25 bits per heavy atom. The van der Waals surface area contributed by atoms with E-state index in [0.29, 0.717) is 17.0 Å². The number of aromatic amines is 1. The third kappa shape index (κ3) is 3.18. The Hall–Kier alpha value is -1.87. The van der Waals surface area contributed by atoms with Crippen LogP contribution in [0.4, 0.5) is 0 Å². The van der Waals surface area contributed by atoms with Crippen LogP contribution >= 0.6 is 11.8 Å². The van der Waals surface area contributed by atoms with E-state index in [1.54, 1.807) is 11.8 Å². The summed E-state index contributed by atoms with van der Waals surface area (Å²) in [7, 11) is 0. The van der Waals surface area contributed by atoms with Crippen molar-refractivity contribution in [1.82, 2.24) is 9.55 Å². The predicted molar refractivity (Wildman–Crippen MR) is 89.9 cm³/mol. The van der Waals surface area contributed by atoms with Gasteiger partial charge in [-0.1, -0.05) is 30.3 Å². The third-order valence-electron chi connectivity index (χ3n) is 3.94. The minimum Gasteiger partial charge on any atom is -0.394 e. The van der Waals surface area contributed by atoms with Crippen LogP contribution < -0.4 is 11.2 Å². The number of aliphatic hydroxyl groups is 2. The number of benzene rings is 1. The molecule has 2 heterocycles. The summed E-state index contributed by atoms with van der Waals surface area (Å²) in [5, 5.41) is 18.0. The Bertz CT molecular complexity index is 813. The van der Waals surface area contributed by atoms with E-state index in [-0.39, 0.29) is 30.8 Å². The number of ether oxygens (including phenoxy) is 1. The molecular formula is C16H18N2O5S. The molecule has 0 bridgehead atoms. The molecule has 0 saturated carbocycles. The molecule has 0 radical (unpaired) electrons. The number of hydrogen-bond acceptors (Lipinski definition) is 6. The average Bonchev–Trinajstić information content (AvgIpc) is 3.04. The smallest absolute Gasteiger partial charge is 0.330 e. The lowest BCUT2D eigenvalue weighted by Crippen LogP contribution is -2.36. The van der Waals surface area contributed by atoms with Crippen LogP contribution in [0.15, 0.2) is 39.9 Å². The van der Waals surface area contributed by atoms with E-state index in [4.69, 9.17) is 14.9 Å². The first-order valence-corrected chi connectivity index (χ1v) is 8.56. The number of hydrogen-bond donors (Lipinski definition) is 3. The molecule has 0 spiro atoms. The van der Waals surface area contributed by atoms with Gasteiger partial charge in [0.05, 0.1) is 24.0 Å². The van der Waals surface area contributed by atoms with E-state index in [0.717, 1.165) is 5.56 Å². The van der Waals surface area contributed by atoms with Gasteiger partial charge < -0.3 is 14.9 Å². The van der Waals surface area contributed by atoms with Crippen LogP contribution in [0.2, 0.25) is 0 Å². The molecule has 1 unspecified atom stereocenters. The fourth-order valence-corrected chi connectivity index (χ4v) is 4.07. The van der Waals surface area contributed by atoms with Gasteiger partial charge in [0.15, 0.2) is 0 Å². The number of thioether (sulfide) groups is 1. The fourth-order valence-electron chi connectivity index (χ4n) is 2.67. The fraction of sp³-hybridized carbons (Fsp3) is 0.375. The lowest BCUT2D eigenvalue weighted by molar-refractivity contribution is -0.0519. The molecule has 1 aliphatic heterocycles. The highest BCUT2D eigenvalue weighted by Gasteiger charge is 2.31. The van der Waals surface area contributed by atoms with Crippen LogP contribution in [-0.2, 0) is 17.2 Å². The zero-order valence-corrected chi connectivity index (χ0v) is 13.7. The largest absolute Gasteiger partial charge is 0.394 e. The Balaban J connectivity index is 1.98. The zero-order valence-electron chi connectivity index (χ0n) is 12.8. The summed E-state index contributed by atoms with van der Waals surface area (Å²) in [4.78, 5) is 26.8. The number of aromatic nitrogens is 2. The van der Waals surface area contributed by atoms with Gasteiger partial charge in [0.2, 0.25) is 0 Å². The lowest BCUT2D eigenvalue weighted by Gasteiger charge is -2.16. The first-order valence-electron chi connectivity index (χ1n) is 7.51. The Labute approximate surface area is 141 Å². The molecule has 8 heteroatoms. The molecule has 0 saturated heterocycles. The maximum Gasteiger partial charge on any atom is 0.330 e. The topological polar surface area (TPSA) is 105 Å². The van der Waals surface area contributed by atoms with Gasteiger partial charge in [-0.05, 0) is 5.56 Å². The summed E-state index contributed by atoms with van der Waals surface area (Å²) < 4.78 is 6.70. The van der Waals surface area contributed by atoms with E-state index in [2.05, 4.69) is 4.98 Å². The molecule has 0 aliphatic carbocycles. The molecule has 24 heavy (non-hydrogen) atoms. The summed E-state index contributed by atoms with van der Waals surface area (Å²) in [6.45, 7) is -0.831. The molecule has 2 aromatic rings. The van der Waals surface area contributed by atoms with Gasteiger partial charge in [0.1, 0.15) is 12.8 Å². The minimum atomic E-state index is -0.765. The molecule has 1 atom stereocenters. The van der Waals surface area contributed by atoms with Gasteiger partial charge in [0, 0.05) is 11.4 Å². The van der Waals surface area contributed by atoms with Gasteiger partial charge in [-0.15, -0.1) is 11.8 Å². The van der Waals surface area contributed by atoms with Crippen LogP contribution in [0.1, 0.15) is 22.1 Å². The molecule has 0 fully saturated rings. The molecule has 128 valence electrons. The second kappa shape index (κ2) is 7.35. The molecule has 1 aliphatic rings. The molecule has 3 rings (SSSR count). The van der Waals surface area contributed by atoms with E-state index in [1.165, 1.54) is 4.57 Å². The van der Waals surface area contributed by atoms with Crippen molar-refractivity contribution in [2.45, 2.75) is 23.8 Å². The average molecular weight is 350 g/mol. The van der Waals surface area contributed by atoms with Gasteiger partial charge in [-0.3, -0.25) is 14.3 Å².